The molecular weight excluding hydrogens is 376 g/mol. The van der Waals surface area contributed by atoms with Gasteiger partial charge in [0.05, 0.1) is 30.4 Å². The SMILES string of the molecule is O=C([O-])c1c2c(nc3ccccc13)/C(=C/c1ccc(N3CCOCC3)cc1)CCC2. The van der Waals surface area contributed by atoms with E-state index in [9.17, 15) is 9.90 Å². The first-order chi connectivity index (χ1) is 14.7. The molecule has 0 spiro atoms. The summed E-state index contributed by atoms with van der Waals surface area (Å²) < 4.78 is 5.43. The number of fused-ring (bicyclic) bond motifs is 2. The van der Waals surface area contributed by atoms with Gasteiger partial charge in [0, 0.05) is 29.7 Å². The average molecular weight is 399 g/mol. The fourth-order valence-corrected chi connectivity index (χ4v) is 4.51. The summed E-state index contributed by atoms with van der Waals surface area (Å²) >= 11 is 0. The van der Waals surface area contributed by atoms with Gasteiger partial charge in [-0.1, -0.05) is 30.3 Å². The van der Waals surface area contributed by atoms with E-state index in [2.05, 4.69) is 35.2 Å². The Morgan fingerprint density at radius 1 is 1.03 bits per heavy atom. The van der Waals surface area contributed by atoms with Crippen LogP contribution in [0.5, 0.6) is 0 Å². The predicted molar refractivity (Wildman–Crippen MR) is 116 cm³/mol. The average Bonchev–Trinajstić information content (AvgIpc) is 2.79. The highest BCUT2D eigenvalue weighted by molar-refractivity contribution is 6.05. The summed E-state index contributed by atoms with van der Waals surface area (Å²) in [5.41, 5.74) is 5.98. The molecule has 30 heavy (non-hydrogen) atoms. The highest BCUT2D eigenvalue weighted by Gasteiger charge is 2.22. The van der Waals surface area contributed by atoms with Gasteiger partial charge in [-0.25, -0.2) is 4.98 Å². The third-order valence-corrected chi connectivity index (χ3v) is 5.98. The lowest BCUT2D eigenvalue weighted by Gasteiger charge is -2.28. The third-order valence-electron chi connectivity index (χ3n) is 5.98. The number of allylic oxidation sites excluding steroid dienone is 1. The number of rotatable bonds is 3. The van der Waals surface area contributed by atoms with Gasteiger partial charge in [-0.2, -0.15) is 0 Å². The van der Waals surface area contributed by atoms with Crippen LogP contribution in [0.3, 0.4) is 0 Å². The first-order valence-corrected chi connectivity index (χ1v) is 10.5. The van der Waals surface area contributed by atoms with Crippen molar-refractivity contribution in [2.24, 2.45) is 0 Å². The summed E-state index contributed by atoms with van der Waals surface area (Å²) in [6.07, 6.45) is 4.65. The van der Waals surface area contributed by atoms with Crippen LogP contribution in [0, 0.1) is 0 Å². The molecular formula is C25H23N2O3-. The van der Waals surface area contributed by atoms with Crippen LogP contribution in [0.15, 0.2) is 48.5 Å². The number of carboxylic acids is 1. The number of carbonyl (C=O) groups is 1. The molecule has 0 saturated carbocycles. The predicted octanol–water partition coefficient (Wildman–Crippen LogP) is 3.31. The zero-order valence-corrected chi connectivity index (χ0v) is 16.8. The van der Waals surface area contributed by atoms with Gasteiger partial charge in [0.15, 0.2) is 0 Å². The Balaban J connectivity index is 1.54. The van der Waals surface area contributed by atoms with E-state index in [4.69, 9.17) is 9.72 Å². The first-order valence-electron chi connectivity index (χ1n) is 10.5. The van der Waals surface area contributed by atoms with Crippen molar-refractivity contribution in [1.82, 2.24) is 4.98 Å². The second-order valence-electron chi connectivity index (χ2n) is 7.83. The summed E-state index contributed by atoms with van der Waals surface area (Å²) in [7, 11) is 0. The number of pyridine rings is 1. The molecule has 5 heteroatoms. The Kier molecular flexibility index (Phi) is 4.97. The van der Waals surface area contributed by atoms with Crippen LogP contribution in [-0.2, 0) is 11.2 Å². The lowest BCUT2D eigenvalue weighted by Crippen LogP contribution is -2.36. The molecule has 1 saturated heterocycles. The minimum atomic E-state index is -1.12. The summed E-state index contributed by atoms with van der Waals surface area (Å²) in [6, 6.07) is 15.9. The molecule has 0 bridgehead atoms. The van der Waals surface area contributed by atoms with Crippen molar-refractivity contribution in [3.63, 3.8) is 0 Å². The Morgan fingerprint density at radius 3 is 2.57 bits per heavy atom. The maximum absolute atomic E-state index is 12.0. The van der Waals surface area contributed by atoms with Gasteiger partial charge in [-0.15, -0.1) is 0 Å². The van der Waals surface area contributed by atoms with Gasteiger partial charge in [-0.3, -0.25) is 0 Å². The van der Waals surface area contributed by atoms with E-state index in [1.165, 1.54) is 5.69 Å². The van der Waals surface area contributed by atoms with Crippen LogP contribution in [0.1, 0.15) is 40.0 Å². The molecule has 1 aliphatic heterocycles. The Hall–Kier alpha value is -3.18. The highest BCUT2D eigenvalue weighted by Crippen LogP contribution is 2.36. The van der Waals surface area contributed by atoms with Gasteiger partial charge in [-0.05, 0) is 60.2 Å². The molecule has 1 aromatic heterocycles. The Labute approximate surface area is 175 Å². The molecule has 3 aromatic rings. The molecule has 0 N–H and O–H groups in total. The Morgan fingerprint density at radius 2 is 1.80 bits per heavy atom. The van der Waals surface area contributed by atoms with Crippen molar-refractivity contribution in [1.29, 1.82) is 0 Å². The first kappa shape index (κ1) is 18.8. The van der Waals surface area contributed by atoms with Crippen molar-refractivity contribution < 1.29 is 14.6 Å². The highest BCUT2D eigenvalue weighted by atomic mass is 16.5. The van der Waals surface area contributed by atoms with Crippen molar-refractivity contribution in [2.75, 3.05) is 31.2 Å². The number of benzene rings is 2. The molecule has 2 aromatic carbocycles. The van der Waals surface area contributed by atoms with Crippen molar-refractivity contribution in [2.45, 2.75) is 19.3 Å². The van der Waals surface area contributed by atoms with Gasteiger partial charge >= 0.3 is 0 Å². The number of ether oxygens (including phenoxy) is 1. The van der Waals surface area contributed by atoms with Crippen LogP contribution in [0.25, 0.3) is 22.6 Å². The van der Waals surface area contributed by atoms with E-state index in [1.807, 2.05) is 24.3 Å². The molecule has 1 aliphatic carbocycles. The normalized spacial score (nSPS) is 17.9. The number of aromatic carboxylic acids is 1. The lowest BCUT2D eigenvalue weighted by molar-refractivity contribution is -0.254. The largest absolute Gasteiger partial charge is 0.545 e. The number of anilines is 1. The van der Waals surface area contributed by atoms with E-state index in [-0.39, 0.29) is 0 Å². The number of morpholine rings is 1. The molecule has 0 amide bonds. The maximum atomic E-state index is 12.0. The van der Waals surface area contributed by atoms with E-state index in [0.29, 0.717) is 22.9 Å². The van der Waals surface area contributed by atoms with Gasteiger partial charge < -0.3 is 19.5 Å². The fourth-order valence-electron chi connectivity index (χ4n) is 4.51. The molecule has 1 fully saturated rings. The quantitative estimate of drug-likeness (QED) is 0.676. The smallest absolute Gasteiger partial charge is 0.0725 e. The van der Waals surface area contributed by atoms with Crippen LogP contribution in [0.4, 0.5) is 5.69 Å². The standard InChI is InChI=1S/C25H24N2O3/c28-25(29)23-20-5-1-2-7-22(20)26-24-18(4-3-6-21(23)24)16-17-8-10-19(11-9-17)27-12-14-30-15-13-27/h1-2,5,7-11,16H,3-4,6,12-15H2,(H,28,29)/p-1/b18-16+. The summed E-state index contributed by atoms with van der Waals surface area (Å²) in [6.45, 7) is 3.36. The number of hydrogen-bond acceptors (Lipinski definition) is 5. The summed E-state index contributed by atoms with van der Waals surface area (Å²) in [4.78, 5) is 19.1. The minimum absolute atomic E-state index is 0.295. The zero-order valence-electron chi connectivity index (χ0n) is 16.8. The van der Waals surface area contributed by atoms with Crippen molar-refractivity contribution >= 4 is 34.2 Å². The molecule has 0 atom stereocenters. The third kappa shape index (κ3) is 3.46. The molecule has 0 radical (unpaired) electrons. The Bertz CT molecular complexity index is 1130. The summed E-state index contributed by atoms with van der Waals surface area (Å²) in [5.74, 6) is -1.12. The second-order valence-corrected chi connectivity index (χ2v) is 7.83. The van der Waals surface area contributed by atoms with E-state index in [0.717, 1.165) is 61.5 Å². The van der Waals surface area contributed by atoms with Crippen LogP contribution in [-0.4, -0.2) is 37.3 Å². The second kappa shape index (κ2) is 7.92. The topological polar surface area (TPSA) is 65.5 Å². The number of hydrogen-bond donors (Lipinski definition) is 0. The van der Waals surface area contributed by atoms with E-state index >= 15 is 0 Å². The fraction of sp³-hybridized carbons (Fsp3) is 0.280. The van der Waals surface area contributed by atoms with Crippen LogP contribution in [0.2, 0.25) is 0 Å². The van der Waals surface area contributed by atoms with Gasteiger partial charge in [0.2, 0.25) is 0 Å². The van der Waals surface area contributed by atoms with E-state index < -0.39 is 5.97 Å². The monoisotopic (exact) mass is 399 g/mol. The number of para-hydroxylation sites is 1. The summed E-state index contributed by atoms with van der Waals surface area (Å²) in [5, 5.41) is 12.6. The van der Waals surface area contributed by atoms with E-state index in [1.54, 1.807) is 0 Å². The molecule has 2 aliphatic rings. The van der Waals surface area contributed by atoms with Crippen LogP contribution < -0.4 is 10.0 Å². The molecule has 5 nitrogen and oxygen atoms in total. The van der Waals surface area contributed by atoms with Gasteiger partial charge in [0.25, 0.3) is 0 Å². The lowest BCUT2D eigenvalue weighted by atomic mass is 9.86. The van der Waals surface area contributed by atoms with Crippen molar-refractivity contribution in [3.05, 3.63) is 70.9 Å². The van der Waals surface area contributed by atoms with Crippen LogP contribution >= 0.6 is 0 Å². The molecule has 152 valence electrons. The zero-order chi connectivity index (χ0) is 20.5. The molecule has 0 unspecified atom stereocenters. The number of nitrogens with zero attached hydrogens (tertiary/aromatic N) is 2. The number of carboxylic acid groups (broad SMARTS) is 1. The van der Waals surface area contributed by atoms with Gasteiger partial charge in [0.1, 0.15) is 0 Å². The maximum Gasteiger partial charge on any atom is 0.0725 e. The van der Waals surface area contributed by atoms with Crippen molar-refractivity contribution in [3.8, 4) is 0 Å². The minimum Gasteiger partial charge on any atom is -0.545 e. The molecule has 2 heterocycles. The number of aromatic nitrogens is 1. The molecule has 5 rings (SSSR count). The number of carbonyl (C=O) groups excluding carboxylic acids is 1.